The van der Waals surface area contributed by atoms with E-state index in [9.17, 15) is 14.5 Å². The molecule has 0 bridgehead atoms. The number of nitrogens with zero attached hydrogens (tertiary/aromatic N) is 1. The van der Waals surface area contributed by atoms with Crippen LogP contribution in [0.15, 0.2) is 18.2 Å². The van der Waals surface area contributed by atoms with Crippen molar-refractivity contribution < 1.29 is 9.31 Å². The summed E-state index contributed by atoms with van der Waals surface area (Å²) < 4.78 is 12.7. The van der Waals surface area contributed by atoms with Crippen molar-refractivity contribution in [2.24, 2.45) is 5.73 Å². The van der Waals surface area contributed by atoms with Gasteiger partial charge in [0.25, 0.3) is 5.69 Å². The molecule has 1 aromatic carbocycles. The van der Waals surface area contributed by atoms with Crippen LogP contribution in [0.25, 0.3) is 0 Å². The summed E-state index contributed by atoms with van der Waals surface area (Å²) in [6.45, 7) is 1.57. The first kappa shape index (κ1) is 9.60. The fourth-order valence-corrected chi connectivity index (χ4v) is 1.06. The number of rotatable bonds is 2. The third kappa shape index (κ3) is 2.00. The van der Waals surface area contributed by atoms with Crippen molar-refractivity contribution in [3.63, 3.8) is 0 Å². The molecular formula is C8H9FN2O2. The van der Waals surface area contributed by atoms with Gasteiger partial charge in [0.15, 0.2) is 0 Å². The number of benzene rings is 1. The molecule has 70 valence electrons. The largest absolute Gasteiger partial charge is 0.324 e. The molecule has 0 aliphatic rings. The number of hydrogen-bond acceptors (Lipinski definition) is 3. The first-order valence-electron chi connectivity index (χ1n) is 3.72. The predicted molar refractivity (Wildman–Crippen MR) is 45.7 cm³/mol. The second-order valence-electron chi connectivity index (χ2n) is 2.75. The van der Waals surface area contributed by atoms with E-state index in [1.807, 2.05) is 0 Å². The number of nitrogens with two attached hydrogens (primary N) is 1. The Bertz CT molecular complexity index is 339. The molecule has 13 heavy (non-hydrogen) atoms. The highest BCUT2D eigenvalue weighted by Crippen LogP contribution is 2.23. The van der Waals surface area contributed by atoms with E-state index in [-0.39, 0.29) is 11.3 Å². The van der Waals surface area contributed by atoms with Crippen LogP contribution in [-0.4, -0.2) is 4.92 Å². The first-order valence-corrected chi connectivity index (χ1v) is 3.72. The molecule has 1 aromatic rings. The predicted octanol–water partition coefficient (Wildman–Crippen LogP) is 1.75. The Morgan fingerprint density at radius 2 is 2.23 bits per heavy atom. The van der Waals surface area contributed by atoms with E-state index in [0.717, 1.165) is 18.2 Å². The number of nitro benzene ring substituents is 1. The molecule has 1 rings (SSSR count). The molecule has 0 saturated heterocycles. The molecule has 0 unspecified atom stereocenters. The van der Waals surface area contributed by atoms with Gasteiger partial charge in [-0.05, 0) is 19.1 Å². The summed E-state index contributed by atoms with van der Waals surface area (Å²) in [5, 5.41) is 10.5. The average molecular weight is 184 g/mol. The van der Waals surface area contributed by atoms with Crippen LogP contribution in [-0.2, 0) is 0 Å². The van der Waals surface area contributed by atoms with Crippen molar-refractivity contribution in [2.75, 3.05) is 0 Å². The Morgan fingerprint density at radius 1 is 1.62 bits per heavy atom. The number of hydrogen-bond donors (Lipinski definition) is 1. The van der Waals surface area contributed by atoms with E-state index < -0.39 is 16.8 Å². The lowest BCUT2D eigenvalue weighted by Gasteiger charge is -2.05. The maximum absolute atomic E-state index is 12.7. The standard InChI is InChI=1S/C8H9FN2O2/c1-5(10)7-4-6(9)2-3-8(7)11(12)13/h2-5H,10H2,1H3/t5-/m0/s1. The van der Waals surface area contributed by atoms with Crippen LogP contribution in [0.2, 0.25) is 0 Å². The maximum atomic E-state index is 12.7. The lowest BCUT2D eigenvalue weighted by molar-refractivity contribution is -0.385. The Balaban J connectivity index is 3.26. The van der Waals surface area contributed by atoms with E-state index in [0.29, 0.717) is 0 Å². The summed E-state index contributed by atoms with van der Waals surface area (Å²) in [6, 6.07) is 2.71. The van der Waals surface area contributed by atoms with Crippen molar-refractivity contribution in [2.45, 2.75) is 13.0 Å². The SMILES string of the molecule is C[C@H](N)c1cc(F)ccc1[N+](=O)[O-]. The van der Waals surface area contributed by atoms with Gasteiger partial charge < -0.3 is 5.73 Å². The zero-order valence-electron chi connectivity index (χ0n) is 7.03. The Morgan fingerprint density at radius 3 is 2.69 bits per heavy atom. The van der Waals surface area contributed by atoms with Gasteiger partial charge in [-0.2, -0.15) is 0 Å². The fraction of sp³-hybridized carbons (Fsp3) is 0.250. The highest BCUT2D eigenvalue weighted by molar-refractivity contribution is 5.41. The van der Waals surface area contributed by atoms with Gasteiger partial charge in [-0.25, -0.2) is 4.39 Å². The van der Waals surface area contributed by atoms with Crippen LogP contribution in [0.4, 0.5) is 10.1 Å². The molecule has 0 heterocycles. The van der Waals surface area contributed by atoms with E-state index >= 15 is 0 Å². The zero-order valence-corrected chi connectivity index (χ0v) is 7.03. The van der Waals surface area contributed by atoms with Crippen molar-refractivity contribution in [1.82, 2.24) is 0 Å². The molecule has 4 nitrogen and oxygen atoms in total. The Labute approximate surface area is 74.3 Å². The van der Waals surface area contributed by atoms with Crippen molar-refractivity contribution in [3.05, 3.63) is 39.7 Å². The molecule has 0 amide bonds. The topological polar surface area (TPSA) is 69.2 Å². The highest BCUT2D eigenvalue weighted by Gasteiger charge is 2.16. The van der Waals surface area contributed by atoms with Gasteiger partial charge in [-0.15, -0.1) is 0 Å². The Kier molecular flexibility index (Phi) is 2.57. The summed E-state index contributed by atoms with van der Waals surface area (Å²) in [6.07, 6.45) is 0. The van der Waals surface area contributed by atoms with Crippen LogP contribution in [0.1, 0.15) is 18.5 Å². The van der Waals surface area contributed by atoms with Crippen LogP contribution < -0.4 is 5.73 Å². The lowest BCUT2D eigenvalue weighted by atomic mass is 10.1. The summed E-state index contributed by atoms with van der Waals surface area (Å²) in [4.78, 5) is 9.89. The smallest absolute Gasteiger partial charge is 0.274 e. The van der Waals surface area contributed by atoms with E-state index in [1.165, 1.54) is 0 Å². The third-order valence-corrected chi connectivity index (χ3v) is 1.68. The van der Waals surface area contributed by atoms with Gasteiger partial charge in [-0.1, -0.05) is 0 Å². The van der Waals surface area contributed by atoms with Crippen LogP contribution in [0.3, 0.4) is 0 Å². The van der Waals surface area contributed by atoms with Crippen LogP contribution in [0.5, 0.6) is 0 Å². The number of nitro groups is 1. The highest BCUT2D eigenvalue weighted by atomic mass is 19.1. The lowest BCUT2D eigenvalue weighted by Crippen LogP contribution is -2.08. The zero-order chi connectivity index (χ0) is 10.0. The minimum Gasteiger partial charge on any atom is -0.324 e. The monoisotopic (exact) mass is 184 g/mol. The minimum absolute atomic E-state index is 0.142. The normalized spacial score (nSPS) is 12.5. The van der Waals surface area contributed by atoms with Crippen LogP contribution >= 0.6 is 0 Å². The summed E-state index contributed by atoms with van der Waals surface area (Å²) in [7, 11) is 0. The Hall–Kier alpha value is -1.49. The van der Waals surface area contributed by atoms with E-state index in [1.54, 1.807) is 6.92 Å². The molecule has 0 saturated carbocycles. The van der Waals surface area contributed by atoms with E-state index in [4.69, 9.17) is 5.73 Å². The maximum Gasteiger partial charge on any atom is 0.274 e. The quantitative estimate of drug-likeness (QED) is 0.562. The molecular weight excluding hydrogens is 175 g/mol. The molecule has 0 aromatic heterocycles. The third-order valence-electron chi connectivity index (χ3n) is 1.68. The van der Waals surface area contributed by atoms with Crippen molar-refractivity contribution >= 4 is 5.69 Å². The van der Waals surface area contributed by atoms with Gasteiger partial charge in [0, 0.05) is 17.7 Å². The first-order chi connectivity index (χ1) is 6.02. The van der Waals surface area contributed by atoms with Gasteiger partial charge >= 0.3 is 0 Å². The molecule has 0 spiro atoms. The summed E-state index contributed by atoms with van der Waals surface area (Å²) in [5.74, 6) is -0.516. The number of halogens is 1. The molecule has 0 radical (unpaired) electrons. The molecule has 1 atom stereocenters. The van der Waals surface area contributed by atoms with Crippen molar-refractivity contribution in [1.29, 1.82) is 0 Å². The molecule has 5 heteroatoms. The van der Waals surface area contributed by atoms with Crippen LogP contribution in [0, 0.1) is 15.9 Å². The average Bonchev–Trinajstić information content (AvgIpc) is 2.03. The van der Waals surface area contributed by atoms with Crippen molar-refractivity contribution in [3.8, 4) is 0 Å². The second kappa shape index (κ2) is 3.49. The minimum atomic E-state index is -0.571. The molecule has 0 aliphatic heterocycles. The van der Waals surface area contributed by atoms with Gasteiger partial charge in [0.2, 0.25) is 0 Å². The fourth-order valence-electron chi connectivity index (χ4n) is 1.06. The second-order valence-corrected chi connectivity index (χ2v) is 2.75. The molecule has 2 N–H and O–H groups in total. The molecule has 0 aliphatic carbocycles. The van der Waals surface area contributed by atoms with Gasteiger partial charge in [0.1, 0.15) is 5.82 Å². The van der Waals surface area contributed by atoms with Gasteiger partial charge in [0.05, 0.1) is 4.92 Å². The molecule has 0 fully saturated rings. The summed E-state index contributed by atoms with van der Waals surface area (Å²) >= 11 is 0. The summed E-state index contributed by atoms with van der Waals surface area (Å²) in [5.41, 5.74) is 5.52. The van der Waals surface area contributed by atoms with E-state index in [2.05, 4.69) is 0 Å². The van der Waals surface area contributed by atoms with Gasteiger partial charge in [-0.3, -0.25) is 10.1 Å².